The molecule has 0 radical (unpaired) electrons. The highest BCUT2D eigenvalue weighted by atomic mass is 127. The highest BCUT2D eigenvalue weighted by Crippen LogP contribution is 2.26. The molecule has 144 valence electrons. The number of nitrogens with zero attached hydrogens (tertiary/aromatic N) is 4. The van der Waals surface area contributed by atoms with Crippen LogP contribution in [0.15, 0.2) is 35.3 Å². The molecule has 0 aliphatic heterocycles. The van der Waals surface area contributed by atoms with Crippen molar-refractivity contribution in [3.8, 4) is 11.8 Å². The lowest BCUT2D eigenvalue weighted by molar-refractivity contribution is 0.326. The smallest absolute Gasteiger partial charge is 0.188 e. The molecule has 1 saturated carbocycles. The Bertz CT molecular complexity index is 803. The van der Waals surface area contributed by atoms with Gasteiger partial charge in [0.2, 0.25) is 0 Å². The van der Waals surface area contributed by atoms with E-state index < -0.39 is 0 Å². The molecule has 8 heteroatoms. The molecule has 7 nitrogen and oxygen atoms in total. The summed E-state index contributed by atoms with van der Waals surface area (Å²) in [6, 6.07) is 11.8. The molecule has 1 aliphatic carbocycles. The number of hydrogen-bond acceptors (Lipinski definition) is 4. The third-order valence-corrected chi connectivity index (χ3v) is 4.75. The first kappa shape index (κ1) is 21.0. The van der Waals surface area contributed by atoms with Crippen molar-refractivity contribution in [2.75, 3.05) is 18.8 Å². The van der Waals surface area contributed by atoms with Gasteiger partial charge in [0.25, 0.3) is 0 Å². The first-order valence-electron chi connectivity index (χ1n) is 9.05. The first-order valence-corrected chi connectivity index (χ1v) is 9.05. The van der Waals surface area contributed by atoms with Crippen LogP contribution < -0.4 is 16.8 Å². The Morgan fingerprint density at radius 1 is 1.33 bits per heavy atom. The number of para-hydroxylation sites is 1. The quantitative estimate of drug-likeness (QED) is 0.244. The normalized spacial score (nSPS) is 14.1. The van der Waals surface area contributed by atoms with Crippen LogP contribution in [0.25, 0.3) is 5.69 Å². The van der Waals surface area contributed by atoms with Crippen molar-refractivity contribution in [1.82, 2.24) is 15.1 Å². The topological polar surface area (TPSA) is 118 Å². The molecule has 0 saturated heterocycles. The number of nitrogens with one attached hydrogen (secondary N) is 1. The van der Waals surface area contributed by atoms with Gasteiger partial charge in [-0.3, -0.25) is 4.99 Å². The van der Waals surface area contributed by atoms with E-state index in [4.69, 9.17) is 11.5 Å². The maximum Gasteiger partial charge on any atom is 0.188 e. The average molecular weight is 479 g/mol. The van der Waals surface area contributed by atoms with Gasteiger partial charge in [-0.15, -0.1) is 24.0 Å². The van der Waals surface area contributed by atoms with Gasteiger partial charge in [0, 0.05) is 13.1 Å². The molecule has 27 heavy (non-hydrogen) atoms. The van der Waals surface area contributed by atoms with Crippen molar-refractivity contribution >= 4 is 35.8 Å². The zero-order chi connectivity index (χ0) is 18.4. The Hall–Kier alpha value is -2.28. The summed E-state index contributed by atoms with van der Waals surface area (Å²) in [5.74, 6) is 1.58. The van der Waals surface area contributed by atoms with Crippen molar-refractivity contribution in [3.63, 3.8) is 0 Å². The van der Waals surface area contributed by atoms with Gasteiger partial charge in [-0.2, -0.15) is 10.4 Å². The molecule has 1 aromatic heterocycles. The van der Waals surface area contributed by atoms with E-state index in [2.05, 4.69) is 21.5 Å². The van der Waals surface area contributed by atoms with Gasteiger partial charge in [-0.1, -0.05) is 24.6 Å². The van der Waals surface area contributed by atoms with Gasteiger partial charge in [0.15, 0.2) is 5.96 Å². The monoisotopic (exact) mass is 479 g/mol. The molecule has 3 rings (SSSR count). The van der Waals surface area contributed by atoms with Gasteiger partial charge >= 0.3 is 0 Å². The number of halogens is 1. The molecular weight excluding hydrogens is 453 g/mol. The lowest BCUT2D eigenvalue weighted by atomic mass is 9.86. The van der Waals surface area contributed by atoms with Crippen LogP contribution in [0.2, 0.25) is 0 Å². The summed E-state index contributed by atoms with van der Waals surface area (Å²) in [6.45, 7) is 1.50. The van der Waals surface area contributed by atoms with Crippen LogP contribution in [0, 0.1) is 17.2 Å². The third-order valence-electron chi connectivity index (χ3n) is 4.75. The van der Waals surface area contributed by atoms with E-state index in [1.165, 1.54) is 19.3 Å². The Morgan fingerprint density at radius 2 is 2.07 bits per heavy atom. The predicted molar refractivity (Wildman–Crippen MR) is 118 cm³/mol. The molecule has 0 bridgehead atoms. The highest BCUT2D eigenvalue weighted by molar-refractivity contribution is 14.0. The summed E-state index contributed by atoms with van der Waals surface area (Å²) in [6.07, 6.45) is 5.28. The number of rotatable bonds is 7. The molecule has 0 unspecified atom stereocenters. The van der Waals surface area contributed by atoms with Gasteiger partial charge in [-0.25, -0.2) is 4.68 Å². The van der Waals surface area contributed by atoms with Crippen LogP contribution in [0.4, 0.5) is 5.82 Å². The largest absolute Gasteiger partial charge is 0.382 e. The SMILES string of the molecule is I.N#Cc1c(CCCNC(N)=NCC2CCC2)nn(-c2ccccc2)c1N. The Labute approximate surface area is 176 Å². The second-order valence-corrected chi connectivity index (χ2v) is 6.62. The number of nitrogens with two attached hydrogens (primary N) is 2. The number of benzene rings is 1. The van der Waals surface area contributed by atoms with Crippen molar-refractivity contribution in [2.24, 2.45) is 16.6 Å². The second kappa shape index (κ2) is 10.2. The number of nitrogen functional groups attached to an aromatic ring is 1. The van der Waals surface area contributed by atoms with Crippen molar-refractivity contribution in [2.45, 2.75) is 32.1 Å². The summed E-state index contributed by atoms with van der Waals surface area (Å²) in [7, 11) is 0. The maximum atomic E-state index is 9.42. The van der Waals surface area contributed by atoms with Crippen LogP contribution in [0.1, 0.15) is 36.9 Å². The Kier molecular flexibility index (Phi) is 7.91. The number of anilines is 1. The van der Waals surface area contributed by atoms with E-state index >= 15 is 0 Å². The number of hydrogen-bond donors (Lipinski definition) is 3. The van der Waals surface area contributed by atoms with Gasteiger partial charge in [0.05, 0.1) is 11.4 Å². The molecular formula is C19H26IN7. The number of aliphatic imine (C=N–C) groups is 1. The van der Waals surface area contributed by atoms with E-state index in [0.29, 0.717) is 41.9 Å². The standard InChI is InChI=1S/C19H25N7.HI/c20-12-16-17(25-26(18(16)21)15-8-2-1-3-9-15)10-5-11-23-19(22)24-13-14-6-4-7-14;/h1-3,8-9,14H,4-7,10-11,13,21H2,(H3,22,23,24);1H. The van der Waals surface area contributed by atoms with Gasteiger partial charge < -0.3 is 16.8 Å². The van der Waals surface area contributed by atoms with Crippen molar-refractivity contribution < 1.29 is 0 Å². The minimum atomic E-state index is 0. The highest BCUT2D eigenvalue weighted by Gasteiger charge is 2.17. The first-order chi connectivity index (χ1) is 12.7. The van der Waals surface area contributed by atoms with Crippen LogP contribution in [-0.4, -0.2) is 28.8 Å². The second-order valence-electron chi connectivity index (χ2n) is 6.62. The van der Waals surface area contributed by atoms with E-state index in [1.54, 1.807) is 4.68 Å². The Balaban J connectivity index is 0.00000261. The number of guanidine groups is 1. The van der Waals surface area contributed by atoms with Crippen LogP contribution in [0.5, 0.6) is 0 Å². The number of aryl methyl sites for hydroxylation is 1. The van der Waals surface area contributed by atoms with Gasteiger partial charge in [-0.05, 0) is 43.7 Å². The fourth-order valence-corrected chi connectivity index (χ4v) is 2.97. The van der Waals surface area contributed by atoms with E-state index in [1.807, 2.05) is 30.3 Å². The van der Waals surface area contributed by atoms with Crippen LogP contribution in [0.3, 0.4) is 0 Å². The minimum absolute atomic E-state index is 0. The summed E-state index contributed by atoms with van der Waals surface area (Å²) in [5, 5.41) is 17.1. The minimum Gasteiger partial charge on any atom is -0.382 e. The maximum absolute atomic E-state index is 9.42. The number of nitriles is 1. The summed E-state index contributed by atoms with van der Waals surface area (Å²) in [4.78, 5) is 4.37. The van der Waals surface area contributed by atoms with E-state index in [-0.39, 0.29) is 24.0 Å². The zero-order valence-electron chi connectivity index (χ0n) is 15.3. The zero-order valence-corrected chi connectivity index (χ0v) is 17.6. The molecule has 0 amide bonds. The van der Waals surface area contributed by atoms with Crippen LogP contribution >= 0.6 is 24.0 Å². The fraction of sp³-hybridized carbons (Fsp3) is 0.421. The molecule has 0 atom stereocenters. The average Bonchev–Trinajstić information content (AvgIpc) is 2.93. The third kappa shape index (κ3) is 5.35. The molecule has 0 spiro atoms. The Morgan fingerprint density at radius 3 is 2.70 bits per heavy atom. The molecule has 1 heterocycles. The predicted octanol–water partition coefficient (Wildman–Crippen LogP) is 2.58. The molecule has 2 aromatic rings. The molecule has 5 N–H and O–H groups in total. The molecule has 1 aliphatic rings. The lowest BCUT2D eigenvalue weighted by Crippen LogP contribution is -2.33. The van der Waals surface area contributed by atoms with Gasteiger partial charge in [0.1, 0.15) is 17.5 Å². The molecule has 1 fully saturated rings. The summed E-state index contributed by atoms with van der Waals surface area (Å²) >= 11 is 0. The summed E-state index contributed by atoms with van der Waals surface area (Å²) in [5.41, 5.74) is 14.0. The molecule has 1 aromatic carbocycles. The van der Waals surface area contributed by atoms with Crippen LogP contribution in [-0.2, 0) is 6.42 Å². The summed E-state index contributed by atoms with van der Waals surface area (Å²) < 4.78 is 1.62. The lowest BCUT2D eigenvalue weighted by Gasteiger charge is -2.23. The van der Waals surface area contributed by atoms with Crippen molar-refractivity contribution in [1.29, 1.82) is 5.26 Å². The fourth-order valence-electron chi connectivity index (χ4n) is 2.97. The van der Waals surface area contributed by atoms with E-state index in [0.717, 1.165) is 18.7 Å². The van der Waals surface area contributed by atoms with Crippen molar-refractivity contribution in [3.05, 3.63) is 41.6 Å². The number of aromatic nitrogens is 2. The van der Waals surface area contributed by atoms with E-state index in [9.17, 15) is 5.26 Å².